The van der Waals surface area contributed by atoms with Crippen LogP contribution in [-0.2, 0) is 4.79 Å². The predicted molar refractivity (Wildman–Crippen MR) is 95.8 cm³/mol. The van der Waals surface area contributed by atoms with E-state index in [4.69, 9.17) is 15.2 Å². The molecule has 2 heterocycles. The summed E-state index contributed by atoms with van der Waals surface area (Å²) in [5.74, 6) is 1.56. The number of pyridine rings is 1. The van der Waals surface area contributed by atoms with Gasteiger partial charge in [0.05, 0.1) is 0 Å². The highest BCUT2D eigenvalue weighted by molar-refractivity contribution is 5.78. The van der Waals surface area contributed by atoms with Crippen molar-refractivity contribution in [2.45, 2.75) is 20.0 Å². The van der Waals surface area contributed by atoms with E-state index < -0.39 is 12.0 Å². The second-order valence-corrected chi connectivity index (χ2v) is 5.65. The molecule has 26 heavy (non-hydrogen) atoms. The van der Waals surface area contributed by atoms with Gasteiger partial charge >= 0.3 is 0 Å². The SMILES string of the molecule is Cc1cc(Oc2ccc(OC(C)C(N)=O)cc2)nc(-c2cccnc2)n1. The van der Waals surface area contributed by atoms with Crippen molar-refractivity contribution in [1.82, 2.24) is 15.0 Å². The van der Waals surface area contributed by atoms with Crippen molar-refractivity contribution in [3.63, 3.8) is 0 Å². The summed E-state index contributed by atoms with van der Waals surface area (Å²) in [6, 6.07) is 12.3. The Morgan fingerprint density at radius 1 is 1.12 bits per heavy atom. The molecule has 2 N–H and O–H groups in total. The van der Waals surface area contributed by atoms with Gasteiger partial charge in [-0.3, -0.25) is 9.78 Å². The summed E-state index contributed by atoms with van der Waals surface area (Å²) in [4.78, 5) is 24.0. The number of hydrogen-bond acceptors (Lipinski definition) is 6. The summed E-state index contributed by atoms with van der Waals surface area (Å²) < 4.78 is 11.2. The van der Waals surface area contributed by atoms with E-state index in [-0.39, 0.29) is 0 Å². The third-order valence-corrected chi connectivity index (χ3v) is 3.51. The number of benzene rings is 1. The molecule has 0 bridgehead atoms. The van der Waals surface area contributed by atoms with Crippen LogP contribution >= 0.6 is 0 Å². The molecule has 2 aromatic heterocycles. The van der Waals surface area contributed by atoms with Gasteiger partial charge in [-0.05, 0) is 50.2 Å². The number of primary amides is 1. The van der Waals surface area contributed by atoms with E-state index in [1.165, 1.54) is 0 Å². The molecule has 0 aliphatic heterocycles. The zero-order valence-electron chi connectivity index (χ0n) is 14.4. The molecule has 0 saturated heterocycles. The van der Waals surface area contributed by atoms with Crippen LogP contribution in [0.25, 0.3) is 11.4 Å². The van der Waals surface area contributed by atoms with Crippen molar-refractivity contribution >= 4 is 5.91 Å². The smallest absolute Gasteiger partial charge is 0.258 e. The molecule has 1 aromatic carbocycles. The van der Waals surface area contributed by atoms with Crippen LogP contribution in [0.2, 0.25) is 0 Å². The van der Waals surface area contributed by atoms with E-state index in [2.05, 4.69) is 15.0 Å². The quantitative estimate of drug-likeness (QED) is 0.734. The highest BCUT2D eigenvalue weighted by Gasteiger charge is 2.11. The van der Waals surface area contributed by atoms with Gasteiger partial charge in [0.1, 0.15) is 11.5 Å². The predicted octanol–water partition coefficient (Wildman–Crippen LogP) is 2.89. The maximum absolute atomic E-state index is 11.0. The van der Waals surface area contributed by atoms with Crippen molar-refractivity contribution in [1.29, 1.82) is 0 Å². The van der Waals surface area contributed by atoms with Gasteiger partial charge in [0.2, 0.25) is 5.88 Å². The molecule has 0 aliphatic carbocycles. The molecule has 0 saturated carbocycles. The normalized spacial score (nSPS) is 11.6. The molecule has 7 nitrogen and oxygen atoms in total. The number of rotatable bonds is 6. The van der Waals surface area contributed by atoms with E-state index in [0.717, 1.165) is 11.3 Å². The number of hydrogen-bond donors (Lipinski definition) is 1. The summed E-state index contributed by atoms with van der Waals surface area (Å²) in [5.41, 5.74) is 6.78. The average molecular weight is 350 g/mol. The van der Waals surface area contributed by atoms with Crippen molar-refractivity contribution in [2.75, 3.05) is 0 Å². The molecule has 1 amide bonds. The van der Waals surface area contributed by atoms with E-state index in [0.29, 0.717) is 23.2 Å². The lowest BCUT2D eigenvalue weighted by Crippen LogP contribution is -2.30. The lowest BCUT2D eigenvalue weighted by Gasteiger charge is -2.12. The van der Waals surface area contributed by atoms with Crippen LogP contribution in [0.15, 0.2) is 54.9 Å². The summed E-state index contributed by atoms with van der Waals surface area (Å²) in [6.07, 6.45) is 2.69. The van der Waals surface area contributed by atoms with Crippen molar-refractivity contribution < 1.29 is 14.3 Å². The second kappa shape index (κ2) is 7.60. The topological polar surface area (TPSA) is 100 Å². The van der Waals surface area contributed by atoms with E-state index in [9.17, 15) is 4.79 Å². The maximum Gasteiger partial charge on any atom is 0.258 e. The van der Waals surface area contributed by atoms with Crippen LogP contribution < -0.4 is 15.2 Å². The number of aromatic nitrogens is 3. The van der Waals surface area contributed by atoms with Crippen LogP contribution in [0.4, 0.5) is 0 Å². The van der Waals surface area contributed by atoms with Crippen molar-refractivity contribution in [3.8, 4) is 28.8 Å². The van der Waals surface area contributed by atoms with Gasteiger partial charge in [-0.2, -0.15) is 4.98 Å². The molecular weight excluding hydrogens is 332 g/mol. The van der Waals surface area contributed by atoms with Gasteiger partial charge in [-0.1, -0.05) is 0 Å². The van der Waals surface area contributed by atoms with Gasteiger partial charge in [0, 0.05) is 29.7 Å². The Morgan fingerprint density at radius 2 is 1.85 bits per heavy atom. The number of nitrogens with zero attached hydrogens (tertiary/aromatic N) is 3. The minimum Gasteiger partial charge on any atom is -0.481 e. The first-order valence-corrected chi connectivity index (χ1v) is 8.01. The molecule has 3 aromatic rings. The van der Waals surface area contributed by atoms with Crippen LogP contribution in [-0.4, -0.2) is 27.0 Å². The van der Waals surface area contributed by atoms with Crippen LogP contribution in [0.5, 0.6) is 17.4 Å². The molecule has 0 radical (unpaired) electrons. The highest BCUT2D eigenvalue weighted by Crippen LogP contribution is 2.25. The van der Waals surface area contributed by atoms with Crippen molar-refractivity contribution in [3.05, 3.63) is 60.6 Å². The lowest BCUT2D eigenvalue weighted by molar-refractivity contribution is -0.123. The molecule has 7 heteroatoms. The molecule has 132 valence electrons. The molecule has 1 unspecified atom stereocenters. The monoisotopic (exact) mass is 350 g/mol. The van der Waals surface area contributed by atoms with Crippen LogP contribution in [0, 0.1) is 6.92 Å². The first-order valence-electron chi connectivity index (χ1n) is 8.01. The maximum atomic E-state index is 11.0. The lowest BCUT2D eigenvalue weighted by atomic mass is 10.2. The average Bonchev–Trinajstić information content (AvgIpc) is 2.63. The Labute approximate surface area is 150 Å². The molecule has 0 spiro atoms. The third-order valence-electron chi connectivity index (χ3n) is 3.51. The highest BCUT2D eigenvalue weighted by atomic mass is 16.5. The number of ether oxygens (including phenoxy) is 2. The molecular formula is C19H18N4O3. The summed E-state index contributed by atoms with van der Waals surface area (Å²) in [5, 5.41) is 0. The molecule has 3 rings (SSSR count). The number of carbonyl (C=O) groups excluding carboxylic acids is 1. The summed E-state index contributed by atoms with van der Waals surface area (Å²) >= 11 is 0. The second-order valence-electron chi connectivity index (χ2n) is 5.65. The van der Waals surface area contributed by atoms with Gasteiger partial charge in [0.15, 0.2) is 11.9 Å². The van der Waals surface area contributed by atoms with Crippen LogP contribution in [0.1, 0.15) is 12.6 Å². The molecule has 0 aliphatic rings. The standard InChI is InChI=1S/C19H18N4O3/c1-12-10-17(23-19(22-12)14-4-3-9-21-11-14)26-16-7-5-15(6-8-16)25-13(2)18(20)24/h3-11,13H,1-2H3,(H2,20,24). The number of nitrogens with two attached hydrogens (primary N) is 1. The summed E-state index contributed by atoms with van der Waals surface area (Å²) in [6.45, 7) is 3.47. The Morgan fingerprint density at radius 3 is 2.50 bits per heavy atom. The van der Waals surface area contributed by atoms with Crippen LogP contribution in [0.3, 0.4) is 0 Å². The number of carbonyl (C=O) groups is 1. The Hall–Kier alpha value is -3.48. The number of amides is 1. The fourth-order valence-electron chi connectivity index (χ4n) is 2.19. The van der Waals surface area contributed by atoms with Crippen molar-refractivity contribution in [2.24, 2.45) is 5.73 Å². The van der Waals surface area contributed by atoms with E-state index in [1.54, 1.807) is 49.6 Å². The Balaban J connectivity index is 1.77. The zero-order valence-corrected chi connectivity index (χ0v) is 14.4. The van der Waals surface area contributed by atoms with Gasteiger partial charge in [0.25, 0.3) is 5.91 Å². The van der Waals surface area contributed by atoms with Gasteiger partial charge in [-0.25, -0.2) is 4.98 Å². The minimum absolute atomic E-state index is 0.426. The van der Waals surface area contributed by atoms with Gasteiger partial charge in [-0.15, -0.1) is 0 Å². The minimum atomic E-state index is -0.701. The van der Waals surface area contributed by atoms with E-state index in [1.807, 2.05) is 19.1 Å². The largest absolute Gasteiger partial charge is 0.481 e. The summed E-state index contributed by atoms with van der Waals surface area (Å²) in [7, 11) is 0. The fourth-order valence-corrected chi connectivity index (χ4v) is 2.19. The van der Waals surface area contributed by atoms with E-state index >= 15 is 0 Å². The van der Waals surface area contributed by atoms with Gasteiger partial charge < -0.3 is 15.2 Å². The first-order chi connectivity index (χ1) is 12.5. The Bertz CT molecular complexity index is 898. The first kappa shape index (κ1) is 17.3. The Kier molecular flexibility index (Phi) is 5.07. The zero-order chi connectivity index (χ0) is 18.5. The number of aryl methyl sites for hydroxylation is 1. The fraction of sp³-hybridized carbons (Fsp3) is 0.158. The molecule has 0 fully saturated rings. The molecule has 1 atom stereocenters. The third kappa shape index (κ3) is 4.32.